The molecule has 90 valence electrons. The van der Waals surface area contributed by atoms with E-state index >= 15 is 0 Å². The maximum absolute atomic E-state index is 5.79. The first kappa shape index (κ1) is 10.8. The highest BCUT2D eigenvalue weighted by molar-refractivity contribution is 5.09. The molecule has 1 heteroatoms. The maximum atomic E-state index is 5.79. The molecule has 2 saturated carbocycles. The van der Waals surface area contributed by atoms with Crippen molar-refractivity contribution in [1.29, 1.82) is 0 Å². The first-order valence-corrected chi connectivity index (χ1v) is 7.04. The van der Waals surface area contributed by atoms with E-state index in [1.165, 1.54) is 56.9 Å². The van der Waals surface area contributed by atoms with E-state index in [0.717, 1.165) is 5.92 Å². The zero-order chi connectivity index (χ0) is 11.2. The first-order valence-electron chi connectivity index (χ1n) is 7.04. The van der Waals surface area contributed by atoms with Gasteiger partial charge in [-0.15, -0.1) is 0 Å². The van der Waals surface area contributed by atoms with Gasteiger partial charge in [-0.1, -0.05) is 19.1 Å². The third kappa shape index (κ3) is 1.84. The lowest BCUT2D eigenvalue weighted by Crippen LogP contribution is -2.22. The molecule has 16 heavy (non-hydrogen) atoms. The van der Waals surface area contributed by atoms with Crippen LogP contribution in [0.25, 0.3) is 0 Å². The molecule has 0 radical (unpaired) electrons. The fourth-order valence-corrected chi connectivity index (χ4v) is 4.24. The van der Waals surface area contributed by atoms with Crippen molar-refractivity contribution < 1.29 is 4.74 Å². The van der Waals surface area contributed by atoms with Gasteiger partial charge in [0.05, 0.1) is 12.2 Å². The average Bonchev–Trinajstić information content (AvgIpc) is 2.96. The summed E-state index contributed by atoms with van der Waals surface area (Å²) in [7, 11) is 0. The van der Waals surface area contributed by atoms with E-state index in [1.807, 2.05) is 0 Å². The second-order valence-electron chi connectivity index (χ2n) is 6.33. The van der Waals surface area contributed by atoms with Crippen LogP contribution in [0.3, 0.4) is 0 Å². The standard InChI is InChI=1S/C15H24O/c1-3-13-14(16-13)12-6-8-15(10-12)7-4-5-11(2)9-15/h12-14H,2-10H2,1H3/t12?,13?,14?,15-/m0/s1. The smallest absolute Gasteiger partial charge is 0.0870 e. The molecule has 3 fully saturated rings. The van der Waals surface area contributed by atoms with Gasteiger partial charge < -0.3 is 4.74 Å². The lowest BCUT2D eigenvalue weighted by Gasteiger charge is -2.34. The molecule has 1 aliphatic heterocycles. The summed E-state index contributed by atoms with van der Waals surface area (Å²) >= 11 is 0. The molecule has 3 rings (SSSR count). The Kier molecular flexibility index (Phi) is 2.62. The molecule has 0 aromatic rings. The van der Waals surface area contributed by atoms with Crippen LogP contribution in [-0.2, 0) is 4.74 Å². The number of rotatable bonds is 2. The third-order valence-corrected chi connectivity index (χ3v) is 5.09. The Morgan fingerprint density at radius 2 is 2.31 bits per heavy atom. The van der Waals surface area contributed by atoms with Crippen molar-refractivity contribution >= 4 is 0 Å². The number of hydrogen-bond donors (Lipinski definition) is 0. The van der Waals surface area contributed by atoms with Crippen LogP contribution in [-0.4, -0.2) is 12.2 Å². The molecule has 0 aromatic heterocycles. The Morgan fingerprint density at radius 3 is 3.00 bits per heavy atom. The number of ether oxygens (including phenoxy) is 1. The van der Waals surface area contributed by atoms with E-state index in [2.05, 4.69) is 13.5 Å². The Hall–Kier alpha value is -0.300. The lowest BCUT2D eigenvalue weighted by molar-refractivity contribution is 0.215. The molecule has 1 saturated heterocycles. The van der Waals surface area contributed by atoms with E-state index in [-0.39, 0.29) is 0 Å². The van der Waals surface area contributed by atoms with E-state index in [4.69, 9.17) is 4.74 Å². The monoisotopic (exact) mass is 220 g/mol. The average molecular weight is 220 g/mol. The van der Waals surface area contributed by atoms with Crippen LogP contribution in [0.1, 0.15) is 58.3 Å². The molecule has 2 aliphatic carbocycles. The van der Waals surface area contributed by atoms with Gasteiger partial charge in [0.2, 0.25) is 0 Å². The van der Waals surface area contributed by atoms with Gasteiger partial charge in [-0.05, 0) is 62.7 Å². The Morgan fingerprint density at radius 1 is 1.44 bits per heavy atom. The van der Waals surface area contributed by atoms with E-state index < -0.39 is 0 Å². The van der Waals surface area contributed by atoms with Gasteiger partial charge in [-0.25, -0.2) is 0 Å². The number of allylic oxidation sites excluding steroid dienone is 1. The number of epoxide rings is 1. The molecule has 3 aliphatic rings. The van der Waals surface area contributed by atoms with Crippen LogP contribution in [0.4, 0.5) is 0 Å². The van der Waals surface area contributed by atoms with Crippen molar-refractivity contribution in [3.8, 4) is 0 Å². The second kappa shape index (κ2) is 3.87. The van der Waals surface area contributed by atoms with Crippen molar-refractivity contribution in [2.75, 3.05) is 0 Å². The van der Waals surface area contributed by atoms with Crippen molar-refractivity contribution in [2.24, 2.45) is 11.3 Å². The third-order valence-electron chi connectivity index (χ3n) is 5.09. The summed E-state index contributed by atoms with van der Waals surface area (Å²) in [5.74, 6) is 0.871. The SMILES string of the molecule is C=C1CCC[C@]2(CCC(C3OC3CC)C2)C1. The fraction of sp³-hybridized carbons (Fsp3) is 0.867. The van der Waals surface area contributed by atoms with Gasteiger partial charge in [0.15, 0.2) is 0 Å². The Balaban J connectivity index is 1.61. The summed E-state index contributed by atoms with van der Waals surface area (Å²) in [5.41, 5.74) is 2.15. The molecule has 3 unspecified atom stereocenters. The molecule has 4 atom stereocenters. The Bertz CT molecular complexity index is 296. The summed E-state index contributed by atoms with van der Waals surface area (Å²) in [6.07, 6.45) is 12.1. The summed E-state index contributed by atoms with van der Waals surface area (Å²) in [5, 5.41) is 0. The van der Waals surface area contributed by atoms with Crippen LogP contribution in [0.5, 0.6) is 0 Å². The second-order valence-corrected chi connectivity index (χ2v) is 6.33. The van der Waals surface area contributed by atoms with Crippen LogP contribution in [0.15, 0.2) is 12.2 Å². The van der Waals surface area contributed by atoms with E-state index in [1.54, 1.807) is 0 Å². The van der Waals surface area contributed by atoms with Gasteiger partial charge in [0, 0.05) is 0 Å². The van der Waals surface area contributed by atoms with Crippen LogP contribution in [0.2, 0.25) is 0 Å². The van der Waals surface area contributed by atoms with Crippen LogP contribution >= 0.6 is 0 Å². The van der Waals surface area contributed by atoms with Gasteiger partial charge in [0.1, 0.15) is 0 Å². The maximum Gasteiger partial charge on any atom is 0.0870 e. The highest BCUT2D eigenvalue weighted by atomic mass is 16.6. The topological polar surface area (TPSA) is 12.5 Å². The van der Waals surface area contributed by atoms with Crippen LogP contribution in [0, 0.1) is 11.3 Å². The largest absolute Gasteiger partial charge is 0.369 e. The van der Waals surface area contributed by atoms with Crippen molar-refractivity contribution in [3.05, 3.63) is 12.2 Å². The number of hydrogen-bond acceptors (Lipinski definition) is 1. The molecule has 0 N–H and O–H groups in total. The molecule has 1 spiro atoms. The van der Waals surface area contributed by atoms with Crippen molar-refractivity contribution in [3.63, 3.8) is 0 Å². The normalized spacial score (nSPS) is 47.6. The van der Waals surface area contributed by atoms with Crippen molar-refractivity contribution in [1.82, 2.24) is 0 Å². The summed E-state index contributed by atoms with van der Waals surface area (Å²) in [6, 6.07) is 0. The molecule has 0 aromatic carbocycles. The fourth-order valence-electron chi connectivity index (χ4n) is 4.24. The lowest BCUT2D eigenvalue weighted by atomic mass is 9.70. The van der Waals surface area contributed by atoms with Crippen LogP contribution < -0.4 is 0 Å². The predicted octanol–water partition coefficient (Wildman–Crippen LogP) is 4.08. The molecule has 1 heterocycles. The van der Waals surface area contributed by atoms with E-state index in [9.17, 15) is 0 Å². The summed E-state index contributed by atoms with van der Waals surface area (Å²) in [6.45, 7) is 6.47. The molecular weight excluding hydrogens is 196 g/mol. The summed E-state index contributed by atoms with van der Waals surface area (Å²) < 4.78 is 5.79. The minimum absolute atomic E-state index is 0.604. The zero-order valence-corrected chi connectivity index (χ0v) is 10.5. The Labute approximate surface area is 99.3 Å². The van der Waals surface area contributed by atoms with Gasteiger partial charge in [0.25, 0.3) is 0 Å². The quantitative estimate of drug-likeness (QED) is 0.504. The minimum atomic E-state index is 0.604. The zero-order valence-electron chi connectivity index (χ0n) is 10.5. The van der Waals surface area contributed by atoms with Gasteiger partial charge in [-0.2, -0.15) is 0 Å². The molecule has 0 amide bonds. The first-order chi connectivity index (χ1) is 7.72. The van der Waals surface area contributed by atoms with Crippen molar-refractivity contribution in [2.45, 2.75) is 70.5 Å². The van der Waals surface area contributed by atoms with E-state index in [0.29, 0.717) is 17.6 Å². The summed E-state index contributed by atoms with van der Waals surface area (Å²) in [4.78, 5) is 0. The highest BCUT2D eigenvalue weighted by Gasteiger charge is 2.50. The predicted molar refractivity (Wildman–Crippen MR) is 66.3 cm³/mol. The highest BCUT2D eigenvalue weighted by Crippen LogP contribution is 2.55. The molecule has 1 nitrogen and oxygen atoms in total. The van der Waals surface area contributed by atoms with Gasteiger partial charge >= 0.3 is 0 Å². The minimum Gasteiger partial charge on any atom is -0.369 e. The van der Waals surface area contributed by atoms with Gasteiger partial charge in [-0.3, -0.25) is 0 Å². The molecular formula is C15H24O. The molecule has 0 bridgehead atoms.